The summed E-state index contributed by atoms with van der Waals surface area (Å²) in [4.78, 5) is 25.3. The summed E-state index contributed by atoms with van der Waals surface area (Å²) in [6, 6.07) is 15.9. The Morgan fingerprint density at radius 2 is 1.27 bits per heavy atom. The maximum absolute atomic E-state index is 12.7. The molecule has 22 heavy (non-hydrogen) atoms. The van der Waals surface area contributed by atoms with E-state index in [9.17, 15) is 14.7 Å². The maximum Gasteiger partial charge on any atom is 0.194 e. The molecule has 0 aromatic heterocycles. The van der Waals surface area contributed by atoms with E-state index < -0.39 is 0 Å². The van der Waals surface area contributed by atoms with Gasteiger partial charge in [0.1, 0.15) is 0 Å². The van der Waals surface area contributed by atoms with Crippen molar-refractivity contribution in [3.63, 3.8) is 0 Å². The van der Waals surface area contributed by atoms with Gasteiger partial charge in [0, 0.05) is 22.3 Å². The smallest absolute Gasteiger partial charge is 0.194 e. The van der Waals surface area contributed by atoms with E-state index in [1.165, 1.54) is 0 Å². The van der Waals surface area contributed by atoms with Crippen LogP contribution >= 0.6 is 0 Å². The summed E-state index contributed by atoms with van der Waals surface area (Å²) in [5, 5.41) is 11.0. The maximum atomic E-state index is 12.7. The minimum Gasteiger partial charge on any atom is -0.392 e. The molecular formula is C19H12O3. The van der Waals surface area contributed by atoms with Gasteiger partial charge in [-0.2, -0.15) is 0 Å². The first kappa shape index (κ1) is 12.9. The monoisotopic (exact) mass is 288 g/mol. The number of hydrogen-bond donors (Lipinski definition) is 1. The molecule has 0 spiro atoms. The summed E-state index contributed by atoms with van der Waals surface area (Å²) in [6.07, 6.45) is 0. The molecule has 4 rings (SSSR count). The Morgan fingerprint density at radius 1 is 0.682 bits per heavy atom. The van der Waals surface area contributed by atoms with Gasteiger partial charge in [-0.05, 0) is 34.5 Å². The fourth-order valence-corrected chi connectivity index (χ4v) is 2.99. The summed E-state index contributed by atoms with van der Waals surface area (Å²) < 4.78 is 0. The minimum atomic E-state index is -0.124. The lowest BCUT2D eigenvalue weighted by molar-refractivity contribution is 0.0979. The van der Waals surface area contributed by atoms with Crippen LogP contribution < -0.4 is 0 Å². The molecule has 0 saturated carbocycles. The van der Waals surface area contributed by atoms with Gasteiger partial charge in [-0.3, -0.25) is 9.59 Å². The van der Waals surface area contributed by atoms with E-state index in [0.717, 1.165) is 16.3 Å². The molecule has 0 atom stereocenters. The van der Waals surface area contributed by atoms with Crippen molar-refractivity contribution in [3.05, 3.63) is 82.4 Å². The summed E-state index contributed by atoms with van der Waals surface area (Å²) in [5.41, 5.74) is 2.59. The summed E-state index contributed by atoms with van der Waals surface area (Å²) in [6.45, 7) is -0.0528. The third kappa shape index (κ3) is 1.73. The second-order valence-electron chi connectivity index (χ2n) is 5.44. The van der Waals surface area contributed by atoms with Crippen LogP contribution in [0.1, 0.15) is 37.4 Å². The molecule has 0 fully saturated rings. The highest BCUT2D eigenvalue weighted by molar-refractivity contribution is 6.29. The second-order valence-corrected chi connectivity index (χ2v) is 5.44. The molecule has 106 valence electrons. The number of aliphatic hydroxyl groups is 1. The Morgan fingerprint density at radius 3 is 1.86 bits per heavy atom. The van der Waals surface area contributed by atoms with Crippen LogP contribution in [0.25, 0.3) is 10.8 Å². The molecule has 3 aromatic carbocycles. The van der Waals surface area contributed by atoms with E-state index in [2.05, 4.69) is 0 Å². The molecule has 1 N–H and O–H groups in total. The third-order valence-electron chi connectivity index (χ3n) is 4.13. The molecule has 0 bridgehead atoms. The standard InChI is InChI=1S/C19H12O3/c20-10-11-5-6-12-8-16-17(9-13(12)7-11)19(22)15-4-2-1-3-14(15)18(16)21/h1-9,20H,10H2. The number of aliphatic hydroxyl groups excluding tert-OH is 1. The van der Waals surface area contributed by atoms with Gasteiger partial charge in [-0.1, -0.05) is 36.4 Å². The zero-order chi connectivity index (χ0) is 15.3. The van der Waals surface area contributed by atoms with Gasteiger partial charge in [0.25, 0.3) is 0 Å². The first-order valence-electron chi connectivity index (χ1n) is 7.05. The molecule has 0 aliphatic heterocycles. The van der Waals surface area contributed by atoms with E-state index in [4.69, 9.17) is 0 Å². The number of fused-ring (bicyclic) bond motifs is 3. The Kier molecular flexibility index (Phi) is 2.71. The molecule has 3 nitrogen and oxygen atoms in total. The van der Waals surface area contributed by atoms with E-state index in [-0.39, 0.29) is 18.2 Å². The topological polar surface area (TPSA) is 54.4 Å². The van der Waals surface area contributed by atoms with Crippen LogP contribution in [-0.2, 0) is 6.61 Å². The molecular weight excluding hydrogens is 276 g/mol. The predicted molar refractivity (Wildman–Crippen MR) is 83.2 cm³/mol. The number of carbonyl (C=O) groups excluding carboxylic acids is 2. The molecule has 0 unspecified atom stereocenters. The highest BCUT2D eigenvalue weighted by Crippen LogP contribution is 2.30. The van der Waals surface area contributed by atoms with E-state index in [0.29, 0.717) is 22.3 Å². The van der Waals surface area contributed by atoms with Gasteiger partial charge in [-0.25, -0.2) is 0 Å². The Hall–Kier alpha value is -2.78. The number of ketones is 2. The summed E-state index contributed by atoms with van der Waals surface area (Å²) in [7, 11) is 0. The largest absolute Gasteiger partial charge is 0.392 e. The van der Waals surface area contributed by atoms with Crippen LogP contribution in [0.3, 0.4) is 0 Å². The van der Waals surface area contributed by atoms with Crippen molar-refractivity contribution < 1.29 is 14.7 Å². The Bertz CT molecular complexity index is 954. The fraction of sp³-hybridized carbons (Fsp3) is 0.0526. The molecule has 0 heterocycles. The fourth-order valence-electron chi connectivity index (χ4n) is 2.99. The van der Waals surface area contributed by atoms with Gasteiger partial charge >= 0.3 is 0 Å². The van der Waals surface area contributed by atoms with Crippen molar-refractivity contribution in [3.8, 4) is 0 Å². The van der Waals surface area contributed by atoms with E-state index in [1.807, 2.05) is 18.2 Å². The highest BCUT2D eigenvalue weighted by atomic mass is 16.3. The molecule has 3 heteroatoms. The van der Waals surface area contributed by atoms with E-state index >= 15 is 0 Å². The van der Waals surface area contributed by atoms with Crippen LogP contribution in [0, 0.1) is 0 Å². The first-order valence-corrected chi connectivity index (χ1v) is 7.05. The summed E-state index contributed by atoms with van der Waals surface area (Å²) in [5.74, 6) is -0.236. The third-order valence-corrected chi connectivity index (χ3v) is 4.13. The van der Waals surface area contributed by atoms with E-state index in [1.54, 1.807) is 36.4 Å². The first-order chi connectivity index (χ1) is 10.7. The van der Waals surface area contributed by atoms with Crippen molar-refractivity contribution in [1.29, 1.82) is 0 Å². The van der Waals surface area contributed by atoms with Crippen LogP contribution in [0.2, 0.25) is 0 Å². The number of benzene rings is 3. The molecule has 1 aliphatic rings. The van der Waals surface area contributed by atoms with Crippen LogP contribution in [0.5, 0.6) is 0 Å². The predicted octanol–water partition coefficient (Wildman–Crippen LogP) is 3.11. The van der Waals surface area contributed by atoms with Crippen molar-refractivity contribution in [2.75, 3.05) is 0 Å². The lowest BCUT2D eigenvalue weighted by Crippen LogP contribution is -2.20. The summed E-state index contributed by atoms with van der Waals surface area (Å²) >= 11 is 0. The average Bonchev–Trinajstić information content (AvgIpc) is 2.58. The van der Waals surface area contributed by atoms with Crippen molar-refractivity contribution in [2.24, 2.45) is 0 Å². The van der Waals surface area contributed by atoms with Gasteiger partial charge in [0.15, 0.2) is 11.6 Å². The average molecular weight is 288 g/mol. The van der Waals surface area contributed by atoms with Crippen molar-refractivity contribution in [2.45, 2.75) is 6.61 Å². The highest BCUT2D eigenvalue weighted by Gasteiger charge is 2.29. The molecule has 1 aliphatic carbocycles. The zero-order valence-electron chi connectivity index (χ0n) is 11.7. The van der Waals surface area contributed by atoms with Gasteiger partial charge in [0.05, 0.1) is 6.61 Å². The van der Waals surface area contributed by atoms with Crippen LogP contribution in [0.15, 0.2) is 54.6 Å². The Balaban J connectivity index is 2.01. The van der Waals surface area contributed by atoms with Crippen LogP contribution in [0.4, 0.5) is 0 Å². The Labute approximate surface area is 126 Å². The number of carbonyl (C=O) groups is 2. The van der Waals surface area contributed by atoms with Crippen LogP contribution in [-0.4, -0.2) is 16.7 Å². The molecule has 0 amide bonds. The molecule has 0 saturated heterocycles. The van der Waals surface area contributed by atoms with Gasteiger partial charge < -0.3 is 5.11 Å². The number of rotatable bonds is 1. The lowest BCUT2D eigenvalue weighted by atomic mass is 9.83. The zero-order valence-corrected chi connectivity index (χ0v) is 11.7. The van der Waals surface area contributed by atoms with Crippen molar-refractivity contribution in [1.82, 2.24) is 0 Å². The lowest BCUT2D eigenvalue weighted by Gasteiger charge is -2.18. The molecule has 0 radical (unpaired) electrons. The minimum absolute atomic E-state index is 0.0528. The van der Waals surface area contributed by atoms with Gasteiger partial charge in [0.2, 0.25) is 0 Å². The SMILES string of the molecule is O=C1c2ccccc2C(=O)c2cc3cc(CO)ccc3cc21. The molecule has 3 aromatic rings. The second kappa shape index (κ2) is 4.61. The quantitative estimate of drug-likeness (QED) is 0.585. The van der Waals surface area contributed by atoms with Crippen molar-refractivity contribution >= 4 is 22.3 Å². The van der Waals surface area contributed by atoms with Gasteiger partial charge in [-0.15, -0.1) is 0 Å². The number of hydrogen-bond acceptors (Lipinski definition) is 3. The normalized spacial score (nSPS) is 13.1.